The van der Waals surface area contributed by atoms with Crippen LogP contribution in [0.3, 0.4) is 0 Å². The van der Waals surface area contributed by atoms with Crippen molar-refractivity contribution < 1.29 is 14.3 Å². The average Bonchev–Trinajstić information content (AvgIpc) is 2.34. The summed E-state index contributed by atoms with van der Waals surface area (Å²) in [6.45, 7) is 4.80. The first-order chi connectivity index (χ1) is 7.77. The van der Waals surface area contributed by atoms with E-state index in [1.165, 1.54) is 0 Å². The van der Waals surface area contributed by atoms with Gasteiger partial charge in [0.1, 0.15) is 12.4 Å². The highest BCUT2D eigenvalue weighted by Crippen LogP contribution is 2.19. The van der Waals surface area contributed by atoms with E-state index < -0.39 is 0 Å². The van der Waals surface area contributed by atoms with Crippen molar-refractivity contribution in [1.29, 1.82) is 0 Å². The molecule has 0 aliphatic carbocycles. The molecule has 3 nitrogen and oxygen atoms in total. The van der Waals surface area contributed by atoms with Gasteiger partial charge in [-0.2, -0.15) is 0 Å². The van der Waals surface area contributed by atoms with Gasteiger partial charge in [-0.3, -0.25) is 4.79 Å². The summed E-state index contributed by atoms with van der Waals surface area (Å²) in [6.07, 6.45) is 1.36. The van der Waals surface area contributed by atoms with Gasteiger partial charge >= 0.3 is 5.97 Å². The standard InChI is InChI=1S/C13H18O3/c1-3-9-15-12-8-6-5-7-11(12)10-16-13(14)4-2/h5-8H,3-4,9-10H2,1-2H3. The zero-order valence-corrected chi connectivity index (χ0v) is 9.86. The molecule has 0 fully saturated rings. The molecule has 0 unspecified atom stereocenters. The number of esters is 1. The van der Waals surface area contributed by atoms with Crippen LogP contribution in [0.1, 0.15) is 32.3 Å². The first-order valence-corrected chi connectivity index (χ1v) is 5.64. The summed E-state index contributed by atoms with van der Waals surface area (Å²) < 4.78 is 10.6. The van der Waals surface area contributed by atoms with E-state index in [-0.39, 0.29) is 12.6 Å². The first kappa shape index (κ1) is 12.6. The van der Waals surface area contributed by atoms with Crippen LogP contribution in [0.15, 0.2) is 24.3 Å². The Labute approximate surface area is 96.4 Å². The van der Waals surface area contributed by atoms with E-state index in [1.54, 1.807) is 6.92 Å². The van der Waals surface area contributed by atoms with E-state index in [4.69, 9.17) is 9.47 Å². The minimum absolute atomic E-state index is 0.190. The zero-order chi connectivity index (χ0) is 11.8. The molecule has 3 heteroatoms. The van der Waals surface area contributed by atoms with Gasteiger partial charge in [0.2, 0.25) is 0 Å². The molecule has 0 radical (unpaired) electrons. The van der Waals surface area contributed by atoms with Crippen molar-refractivity contribution in [2.24, 2.45) is 0 Å². The van der Waals surface area contributed by atoms with E-state index in [9.17, 15) is 4.79 Å². The predicted molar refractivity (Wildman–Crippen MR) is 62.3 cm³/mol. The third-order valence-corrected chi connectivity index (χ3v) is 2.11. The molecule has 0 N–H and O–H groups in total. The maximum atomic E-state index is 11.0. The van der Waals surface area contributed by atoms with Crippen molar-refractivity contribution in [3.63, 3.8) is 0 Å². The highest BCUT2D eigenvalue weighted by atomic mass is 16.5. The normalized spacial score (nSPS) is 9.88. The van der Waals surface area contributed by atoms with E-state index in [2.05, 4.69) is 6.92 Å². The van der Waals surface area contributed by atoms with Crippen molar-refractivity contribution in [1.82, 2.24) is 0 Å². The van der Waals surface area contributed by atoms with Gasteiger partial charge in [-0.15, -0.1) is 0 Å². The van der Waals surface area contributed by atoms with Crippen LogP contribution in [0.2, 0.25) is 0 Å². The quantitative estimate of drug-likeness (QED) is 0.694. The predicted octanol–water partition coefficient (Wildman–Crippen LogP) is 2.93. The smallest absolute Gasteiger partial charge is 0.305 e. The average molecular weight is 222 g/mol. The van der Waals surface area contributed by atoms with Crippen molar-refractivity contribution in [3.05, 3.63) is 29.8 Å². The zero-order valence-electron chi connectivity index (χ0n) is 9.86. The second-order valence-electron chi connectivity index (χ2n) is 3.47. The van der Waals surface area contributed by atoms with Crippen LogP contribution in [0, 0.1) is 0 Å². The second kappa shape index (κ2) is 6.88. The molecule has 0 atom stereocenters. The van der Waals surface area contributed by atoms with Crippen LogP contribution in [-0.2, 0) is 16.1 Å². The molecular formula is C13H18O3. The fourth-order valence-electron chi connectivity index (χ4n) is 1.24. The molecule has 1 aromatic rings. The molecule has 0 saturated carbocycles. The largest absolute Gasteiger partial charge is 0.493 e. The summed E-state index contributed by atoms with van der Waals surface area (Å²) in [4.78, 5) is 11.0. The highest BCUT2D eigenvalue weighted by Gasteiger charge is 2.05. The van der Waals surface area contributed by atoms with Crippen molar-refractivity contribution in [2.75, 3.05) is 6.61 Å². The Hall–Kier alpha value is -1.51. The lowest BCUT2D eigenvalue weighted by atomic mass is 10.2. The number of rotatable bonds is 6. The fraction of sp³-hybridized carbons (Fsp3) is 0.462. The Bertz CT molecular complexity index is 334. The second-order valence-corrected chi connectivity index (χ2v) is 3.47. The molecule has 0 heterocycles. The molecule has 1 rings (SSSR count). The van der Waals surface area contributed by atoms with Crippen LogP contribution in [0.4, 0.5) is 0 Å². The highest BCUT2D eigenvalue weighted by molar-refractivity contribution is 5.68. The van der Waals surface area contributed by atoms with Crippen LogP contribution < -0.4 is 4.74 Å². The van der Waals surface area contributed by atoms with Gasteiger partial charge in [-0.05, 0) is 12.5 Å². The number of carbonyl (C=O) groups excluding carboxylic acids is 1. The maximum absolute atomic E-state index is 11.0. The number of benzene rings is 1. The lowest BCUT2D eigenvalue weighted by molar-refractivity contribution is -0.144. The SMILES string of the molecule is CCCOc1ccccc1COC(=O)CC. The first-order valence-electron chi connectivity index (χ1n) is 5.64. The summed E-state index contributed by atoms with van der Waals surface area (Å²) in [5.74, 6) is 0.610. The Kier molecular flexibility index (Phi) is 5.40. The Morgan fingerprint density at radius 1 is 1.25 bits per heavy atom. The molecule has 0 aliphatic rings. The summed E-state index contributed by atoms with van der Waals surface area (Å²) in [6, 6.07) is 7.63. The lowest BCUT2D eigenvalue weighted by Gasteiger charge is -2.10. The minimum Gasteiger partial charge on any atom is -0.493 e. The molecule has 0 aromatic heterocycles. The molecule has 1 aromatic carbocycles. The van der Waals surface area contributed by atoms with Crippen molar-refractivity contribution in [3.8, 4) is 5.75 Å². The number of hydrogen-bond donors (Lipinski definition) is 0. The maximum Gasteiger partial charge on any atom is 0.305 e. The van der Waals surface area contributed by atoms with Gasteiger partial charge in [-0.25, -0.2) is 0 Å². The monoisotopic (exact) mass is 222 g/mol. The molecular weight excluding hydrogens is 204 g/mol. The van der Waals surface area contributed by atoms with Crippen molar-refractivity contribution in [2.45, 2.75) is 33.3 Å². The molecule has 0 spiro atoms. The van der Waals surface area contributed by atoms with Gasteiger partial charge in [0.05, 0.1) is 6.61 Å². The molecule has 0 saturated heterocycles. The van der Waals surface area contributed by atoms with Crippen LogP contribution in [0.25, 0.3) is 0 Å². The number of hydrogen-bond acceptors (Lipinski definition) is 3. The van der Waals surface area contributed by atoms with Gasteiger partial charge in [0.25, 0.3) is 0 Å². The van der Waals surface area contributed by atoms with E-state index >= 15 is 0 Å². The Morgan fingerprint density at radius 2 is 2.00 bits per heavy atom. The third-order valence-electron chi connectivity index (χ3n) is 2.11. The number of carbonyl (C=O) groups is 1. The number of para-hydroxylation sites is 1. The van der Waals surface area contributed by atoms with Crippen LogP contribution >= 0.6 is 0 Å². The van der Waals surface area contributed by atoms with Crippen LogP contribution in [-0.4, -0.2) is 12.6 Å². The van der Waals surface area contributed by atoms with E-state index in [0.717, 1.165) is 17.7 Å². The van der Waals surface area contributed by atoms with Crippen molar-refractivity contribution >= 4 is 5.97 Å². The molecule has 88 valence electrons. The topological polar surface area (TPSA) is 35.5 Å². The molecule has 16 heavy (non-hydrogen) atoms. The van der Waals surface area contributed by atoms with Crippen LogP contribution in [0.5, 0.6) is 5.75 Å². The molecule has 0 aliphatic heterocycles. The Balaban J connectivity index is 2.59. The van der Waals surface area contributed by atoms with E-state index in [1.807, 2.05) is 24.3 Å². The number of ether oxygens (including phenoxy) is 2. The summed E-state index contributed by atoms with van der Waals surface area (Å²) in [5.41, 5.74) is 0.915. The van der Waals surface area contributed by atoms with Gasteiger partial charge < -0.3 is 9.47 Å². The fourth-order valence-corrected chi connectivity index (χ4v) is 1.24. The van der Waals surface area contributed by atoms with Gasteiger partial charge in [0.15, 0.2) is 0 Å². The third kappa shape index (κ3) is 3.93. The van der Waals surface area contributed by atoms with Gasteiger partial charge in [-0.1, -0.05) is 32.0 Å². The Morgan fingerprint density at radius 3 is 2.69 bits per heavy atom. The van der Waals surface area contributed by atoms with Gasteiger partial charge in [0, 0.05) is 12.0 Å². The summed E-state index contributed by atoms with van der Waals surface area (Å²) in [7, 11) is 0. The molecule has 0 bridgehead atoms. The lowest BCUT2D eigenvalue weighted by Crippen LogP contribution is -2.04. The minimum atomic E-state index is -0.190. The molecule has 0 amide bonds. The summed E-state index contributed by atoms with van der Waals surface area (Å²) in [5, 5.41) is 0. The van der Waals surface area contributed by atoms with E-state index in [0.29, 0.717) is 13.0 Å². The summed E-state index contributed by atoms with van der Waals surface area (Å²) >= 11 is 0.